The quantitative estimate of drug-likeness (QED) is 0.642. The Morgan fingerprint density at radius 3 is 2.20 bits per heavy atom. The van der Waals surface area contributed by atoms with E-state index in [0.717, 1.165) is 18.9 Å². The molecule has 1 atom stereocenters. The lowest BCUT2D eigenvalue weighted by Gasteiger charge is -2.30. The van der Waals surface area contributed by atoms with Gasteiger partial charge in [0.2, 0.25) is 0 Å². The predicted molar refractivity (Wildman–Crippen MR) is 46.9 cm³/mol. The molecule has 0 saturated heterocycles. The van der Waals surface area contributed by atoms with Crippen molar-refractivity contribution in [3.63, 3.8) is 0 Å². The van der Waals surface area contributed by atoms with Gasteiger partial charge in [0.05, 0.1) is 0 Å². The fourth-order valence-electron chi connectivity index (χ4n) is 1.17. The van der Waals surface area contributed by atoms with Crippen LogP contribution in [0.15, 0.2) is 0 Å². The van der Waals surface area contributed by atoms with Gasteiger partial charge in [-0.15, -0.1) is 0 Å². The van der Waals surface area contributed by atoms with E-state index in [9.17, 15) is 0 Å². The van der Waals surface area contributed by atoms with Crippen LogP contribution in [-0.4, -0.2) is 6.54 Å². The molecule has 10 heavy (non-hydrogen) atoms. The molecule has 1 nitrogen and oxygen atoms in total. The fourth-order valence-corrected chi connectivity index (χ4v) is 1.17. The molecule has 0 aliphatic heterocycles. The van der Waals surface area contributed by atoms with E-state index >= 15 is 0 Å². The maximum absolute atomic E-state index is 5.51. The summed E-state index contributed by atoms with van der Waals surface area (Å²) >= 11 is 0. The van der Waals surface area contributed by atoms with Gasteiger partial charge in [0.1, 0.15) is 0 Å². The van der Waals surface area contributed by atoms with E-state index in [-0.39, 0.29) is 0 Å². The Balaban J connectivity index is 3.82. The van der Waals surface area contributed by atoms with Crippen LogP contribution in [0.4, 0.5) is 0 Å². The third kappa shape index (κ3) is 2.70. The molecule has 0 saturated carbocycles. The van der Waals surface area contributed by atoms with E-state index < -0.39 is 0 Å². The molecule has 1 heteroatoms. The highest BCUT2D eigenvalue weighted by atomic mass is 14.5. The molecule has 0 radical (unpaired) electrons. The Kier molecular flexibility index (Phi) is 3.95. The Hall–Kier alpha value is -0.0400. The molecule has 0 rings (SSSR count). The Morgan fingerprint density at radius 2 is 1.90 bits per heavy atom. The minimum atomic E-state index is 0.434. The van der Waals surface area contributed by atoms with Crippen molar-refractivity contribution in [2.75, 3.05) is 6.54 Å². The zero-order chi connectivity index (χ0) is 8.20. The zero-order valence-corrected chi connectivity index (χ0v) is 7.78. The SMILES string of the molecule is CCC(C)C(C)(C)CCN. The first-order chi connectivity index (χ1) is 4.54. The van der Waals surface area contributed by atoms with Crippen LogP contribution in [-0.2, 0) is 0 Å². The van der Waals surface area contributed by atoms with Gasteiger partial charge < -0.3 is 5.73 Å². The van der Waals surface area contributed by atoms with Gasteiger partial charge in [-0.25, -0.2) is 0 Å². The maximum atomic E-state index is 5.51. The summed E-state index contributed by atoms with van der Waals surface area (Å²) in [5.74, 6) is 0.788. The molecule has 2 N–H and O–H groups in total. The van der Waals surface area contributed by atoms with Crippen LogP contribution in [0, 0.1) is 11.3 Å². The molecule has 0 aliphatic carbocycles. The maximum Gasteiger partial charge on any atom is -0.00721 e. The third-order valence-corrected chi connectivity index (χ3v) is 2.74. The second kappa shape index (κ2) is 3.97. The lowest BCUT2D eigenvalue weighted by atomic mass is 9.76. The van der Waals surface area contributed by atoms with E-state index in [1.807, 2.05) is 0 Å². The van der Waals surface area contributed by atoms with Crippen molar-refractivity contribution in [1.29, 1.82) is 0 Å². The van der Waals surface area contributed by atoms with E-state index in [0.29, 0.717) is 5.41 Å². The van der Waals surface area contributed by atoms with Gasteiger partial charge in [0, 0.05) is 0 Å². The summed E-state index contributed by atoms with van der Waals surface area (Å²) in [4.78, 5) is 0. The molecule has 62 valence electrons. The van der Waals surface area contributed by atoms with Crippen LogP contribution in [0.1, 0.15) is 40.5 Å². The smallest absolute Gasteiger partial charge is 0.00721 e. The highest BCUT2D eigenvalue weighted by Crippen LogP contribution is 2.31. The van der Waals surface area contributed by atoms with Crippen LogP contribution in [0.2, 0.25) is 0 Å². The minimum Gasteiger partial charge on any atom is -0.330 e. The molecule has 0 spiro atoms. The molecular weight excluding hydrogens is 122 g/mol. The molecule has 0 aromatic rings. The second-order valence-corrected chi connectivity index (χ2v) is 3.84. The van der Waals surface area contributed by atoms with Gasteiger partial charge in [0.25, 0.3) is 0 Å². The summed E-state index contributed by atoms with van der Waals surface area (Å²) in [6.07, 6.45) is 2.40. The number of hydrogen-bond acceptors (Lipinski definition) is 1. The van der Waals surface area contributed by atoms with Gasteiger partial charge in [-0.2, -0.15) is 0 Å². The molecule has 0 fully saturated rings. The van der Waals surface area contributed by atoms with E-state index in [1.54, 1.807) is 0 Å². The molecule has 0 amide bonds. The van der Waals surface area contributed by atoms with Gasteiger partial charge in [-0.05, 0) is 24.3 Å². The predicted octanol–water partition coefficient (Wildman–Crippen LogP) is 2.41. The van der Waals surface area contributed by atoms with E-state index in [1.165, 1.54) is 6.42 Å². The van der Waals surface area contributed by atoms with Crippen LogP contribution >= 0.6 is 0 Å². The molecule has 0 aromatic heterocycles. The highest BCUT2D eigenvalue weighted by molar-refractivity contribution is 4.74. The average molecular weight is 143 g/mol. The first-order valence-electron chi connectivity index (χ1n) is 4.24. The van der Waals surface area contributed by atoms with Crippen molar-refractivity contribution in [3.05, 3.63) is 0 Å². The fraction of sp³-hybridized carbons (Fsp3) is 1.00. The normalized spacial score (nSPS) is 15.3. The highest BCUT2D eigenvalue weighted by Gasteiger charge is 2.22. The summed E-state index contributed by atoms with van der Waals surface area (Å²) in [5.41, 5.74) is 5.94. The number of rotatable bonds is 4. The Morgan fingerprint density at radius 1 is 1.40 bits per heavy atom. The first kappa shape index (κ1) is 9.96. The van der Waals surface area contributed by atoms with Crippen molar-refractivity contribution < 1.29 is 0 Å². The van der Waals surface area contributed by atoms with Crippen LogP contribution in [0.3, 0.4) is 0 Å². The lowest BCUT2D eigenvalue weighted by molar-refractivity contribution is 0.210. The first-order valence-corrected chi connectivity index (χ1v) is 4.24. The molecule has 0 aromatic carbocycles. The third-order valence-electron chi connectivity index (χ3n) is 2.74. The van der Waals surface area contributed by atoms with Gasteiger partial charge in [0.15, 0.2) is 0 Å². The standard InChI is InChI=1S/C9H21N/c1-5-8(2)9(3,4)6-7-10/h8H,5-7,10H2,1-4H3. The number of hydrogen-bond donors (Lipinski definition) is 1. The molecule has 0 aliphatic rings. The van der Waals surface area contributed by atoms with Gasteiger partial charge in [-0.3, -0.25) is 0 Å². The largest absolute Gasteiger partial charge is 0.330 e. The lowest BCUT2D eigenvalue weighted by Crippen LogP contribution is -2.24. The van der Waals surface area contributed by atoms with E-state index in [4.69, 9.17) is 5.73 Å². The topological polar surface area (TPSA) is 26.0 Å². The monoisotopic (exact) mass is 143 g/mol. The Labute approximate surface area is 65.0 Å². The van der Waals surface area contributed by atoms with Crippen molar-refractivity contribution in [1.82, 2.24) is 0 Å². The van der Waals surface area contributed by atoms with Crippen molar-refractivity contribution in [3.8, 4) is 0 Å². The van der Waals surface area contributed by atoms with Crippen molar-refractivity contribution in [2.45, 2.75) is 40.5 Å². The van der Waals surface area contributed by atoms with Gasteiger partial charge in [-0.1, -0.05) is 34.1 Å². The molecule has 0 heterocycles. The summed E-state index contributed by atoms with van der Waals surface area (Å²) in [6.45, 7) is 9.96. The van der Waals surface area contributed by atoms with Crippen molar-refractivity contribution >= 4 is 0 Å². The zero-order valence-electron chi connectivity index (χ0n) is 7.78. The van der Waals surface area contributed by atoms with Crippen molar-refractivity contribution in [2.24, 2.45) is 17.1 Å². The summed E-state index contributed by atoms with van der Waals surface area (Å²) in [6, 6.07) is 0. The average Bonchev–Trinajstić information content (AvgIpc) is 1.86. The molecule has 0 bridgehead atoms. The summed E-state index contributed by atoms with van der Waals surface area (Å²) in [7, 11) is 0. The van der Waals surface area contributed by atoms with Crippen LogP contribution < -0.4 is 5.73 Å². The van der Waals surface area contributed by atoms with E-state index in [2.05, 4.69) is 27.7 Å². The molecule has 1 unspecified atom stereocenters. The van der Waals surface area contributed by atoms with Crippen LogP contribution in [0.5, 0.6) is 0 Å². The molecular formula is C9H21N. The Bertz CT molecular complexity index is 86.7. The number of nitrogens with two attached hydrogens (primary N) is 1. The second-order valence-electron chi connectivity index (χ2n) is 3.84. The summed E-state index contributed by atoms with van der Waals surface area (Å²) < 4.78 is 0. The summed E-state index contributed by atoms with van der Waals surface area (Å²) in [5, 5.41) is 0. The van der Waals surface area contributed by atoms with Gasteiger partial charge >= 0.3 is 0 Å². The minimum absolute atomic E-state index is 0.434. The van der Waals surface area contributed by atoms with Crippen LogP contribution in [0.25, 0.3) is 0 Å².